The van der Waals surface area contributed by atoms with Crippen molar-refractivity contribution < 1.29 is 48.1 Å². The summed E-state index contributed by atoms with van der Waals surface area (Å²) in [5, 5.41) is 31.0. The summed E-state index contributed by atoms with van der Waals surface area (Å²) in [6, 6.07) is 18.3. The highest BCUT2D eigenvalue weighted by molar-refractivity contribution is 6.30. The van der Waals surface area contributed by atoms with Crippen LogP contribution in [0.1, 0.15) is 46.2 Å². The molecule has 0 bridgehead atoms. The lowest BCUT2D eigenvalue weighted by molar-refractivity contribution is -0.138. The Morgan fingerprint density at radius 3 is 2.33 bits per heavy atom. The maximum atomic E-state index is 15.1. The summed E-state index contributed by atoms with van der Waals surface area (Å²) >= 11 is 6.30. The molecule has 8 rings (SSSR count). The number of nitrogens with zero attached hydrogens (tertiary/aromatic N) is 2. The van der Waals surface area contributed by atoms with Crippen molar-refractivity contribution in [3.63, 3.8) is 0 Å². The van der Waals surface area contributed by atoms with Gasteiger partial charge in [-0.15, -0.1) is 0 Å². The van der Waals surface area contributed by atoms with E-state index in [0.29, 0.717) is 16.2 Å². The van der Waals surface area contributed by atoms with Gasteiger partial charge in [0.25, 0.3) is 11.8 Å². The van der Waals surface area contributed by atoms with Crippen LogP contribution in [-0.4, -0.2) is 49.9 Å². The molecule has 2 saturated heterocycles. The van der Waals surface area contributed by atoms with Crippen LogP contribution in [0, 0.1) is 29.5 Å². The molecule has 4 aliphatic rings. The van der Waals surface area contributed by atoms with Gasteiger partial charge in [0.15, 0.2) is 0 Å². The zero-order chi connectivity index (χ0) is 36.6. The van der Waals surface area contributed by atoms with Crippen LogP contribution in [0.15, 0.2) is 94.9 Å². The number of carboxylic acid groups (broad SMARTS) is 1. The van der Waals surface area contributed by atoms with Gasteiger partial charge in [-0.3, -0.25) is 24.6 Å². The van der Waals surface area contributed by atoms with Crippen molar-refractivity contribution in [2.75, 3.05) is 10.3 Å². The lowest BCUT2D eigenvalue weighted by atomic mass is 9.50. The van der Waals surface area contributed by atoms with E-state index in [0.717, 1.165) is 22.0 Å². The fourth-order valence-electron chi connectivity index (χ4n) is 8.69. The highest BCUT2D eigenvalue weighted by Gasteiger charge is 2.71. The number of carbonyl (C=O) groups excluding carboxylic acids is 4. The molecule has 264 valence electrons. The monoisotopic (exact) mass is 725 g/mol. The van der Waals surface area contributed by atoms with E-state index in [1.165, 1.54) is 30.3 Å². The molecule has 1 saturated carbocycles. The van der Waals surface area contributed by atoms with E-state index in [1.54, 1.807) is 36.4 Å². The standard InChI is InChI=1S/C38H29ClFN3O9/c39-19-3-1-18(2-4-19)38-28(34(47)43(37(38)51)41-21-7-5-20(40)6-8-21)16-27-24(32(38)30-14-10-23(17-44)52-30)12-13-26-31(27)35(48)42(33(26)46)22-9-11-25(36(49)50)29(45)15-22/h1-12,14-15,26-28,31-32,41,44-45H,13,16-17H2,(H,49,50). The Morgan fingerprint density at radius 1 is 0.942 bits per heavy atom. The second-order valence-corrected chi connectivity index (χ2v) is 13.8. The van der Waals surface area contributed by atoms with E-state index in [9.17, 15) is 38.9 Å². The third-order valence-electron chi connectivity index (χ3n) is 10.8. The van der Waals surface area contributed by atoms with Crippen LogP contribution in [-0.2, 0) is 31.2 Å². The number of benzene rings is 3. The number of furan rings is 1. The number of aliphatic hydroxyl groups is 1. The van der Waals surface area contributed by atoms with Gasteiger partial charge in [-0.25, -0.2) is 14.1 Å². The zero-order valence-electron chi connectivity index (χ0n) is 27.0. The molecule has 4 aromatic rings. The summed E-state index contributed by atoms with van der Waals surface area (Å²) in [5.74, 6) is -9.14. The quantitative estimate of drug-likeness (QED) is 0.147. The van der Waals surface area contributed by atoms with Gasteiger partial charge >= 0.3 is 5.97 Å². The Hall–Kier alpha value is -5.79. The first kappa shape index (κ1) is 33.4. The Bertz CT molecular complexity index is 2220. The second-order valence-electron chi connectivity index (χ2n) is 13.4. The minimum Gasteiger partial charge on any atom is -0.507 e. The van der Waals surface area contributed by atoms with Crippen molar-refractivity contribution in [2.24, 2.45) is 23.7 Å². The molecule has 4 N–H and O–H groups in total. The highest BCUT2D eigenvalue weighted by Crippen LogP contribution is 2.64. The fraction of sp³-hybridized carbons (Fsp3) is 0.237. The molecule has 12 nitrogen and oxygen atoms in total. The number of phenols is 1. The number of aliphatic hydroxyl groups excluding tert-OH is 1. The summed E-state index contributed by atoms with van der Waals surface area (Å²) in [4.78, 5) is 70.5. The average molecular weight is 726 g/mol. The number of imide groups is 2. The summed E-state index contributed by atoms with van der Waals surface area (Å²) in [7, 11) is 0. The first-order valence-electron chi connectivity index (χ1n) is 16.5. The van der Waals surface area contributed by atoms with Crippen LogP contribution in [0.3, 0.4) is 0 Å². The number of anilines is 2. The largest absolute Gasteiger partial charge is 0.507 e. The van der Waals surface area contributed by atoms with E-state index in [-0.39, 0.29) is 35.7 Å². The fourth-order valence-corrected chi connectivity index (χ4v) is 8.82. The molecule has 6 atom stereocenters. The van der Waals surface area contributed by atoms with Crippen molar-refractivity contribution in [3.8, 4) is 5.75 Å². The molecule has 2 aliphatic heterocycles. The Kier molecular flexibility index (Phi) is 7.81. The number of halogens is 2. The molecule has 1 aromatic heterocycles. The molecule has 0 radical (unpaired) electrons. The number of allylic oxidation sites excluding steroid dienone is 2. The third kappa shape index (κ3) is 4.79. The van der Waals surface area contributed by atoms with E-state index in [1.807, 2.05) is 6.08 Å². The number of fused-ring (bicyclic) bond motifs is 4. The van der Waals surface area contributed by atoms with Crippen LogP contribution in [0.25, 0.3) is 0 Å². The number of aromatic hydroxyl groups is 1. The number of amides is 4. The van der Waals surface area contributed by atoms with Crippen molar-refractivity contribution in [1.29, 1.82) is 0 Å². The molecular weight excluding hydrogens is 697 g/mol. The number of nitrogens with one attached hydrogen (secondary N) is 1. The highest BCUT2D eigenvalue weighted by atomic mass is 35.5. The molecule has 3 fully saturated rings. The molecule has 0 spiro atoms. The smallest absolute Gasteiger partial charge is 0.339 e. The maximum absolute atomic E-state index is 15.1. The van der Waals surface area contributed by atoms with E-state index >= 15 is 4.79 Å². The predicted octanol–water partition coefficient (Wildman–Crippen LogP) is 5.16. The van der Waals surface area contributed by atoms with Crippen LogP contribution in [0.4, 0.5) is 15.8 Å². The van der Waals surface area contributed by atoms with Gasteiger partial charge in [0.05, 0.1) is 35.0 Å². The van der Waals surface area contributed by atoms with Gasteiger partial charge in [-0.1, -0.05) is 35.4 Å². The zero-order valence-corrected chi connectivity index (χ0v) is 27.8. The van der Waals surface area contributed by atoms with Crippen molar-refractivity contribution >= 4 is 52.6 Å². The van der Waals surface area contributed by atoms with E-state index in [2.05, 4.69) is 5.43 Å². The van der Waals surface area contributed by atoms with Crippen LogP contribution in [0.5, 0.6) is 5.75 Å². The molecule has 3 heterocycles. The number of carboxylic acids is 1. The number of hydrogen-bond donors (Lipinski definition) is 4. The topological polar surface area (TPSA) is 178 Å². The van der Waals surface area contributed by atoms with Gasteiger partial charge in [-0.2, -0.15) is 5.01 Å². The number of hydrogen-bond acceptors (Lipinski definition) is 9. The maximum Gasteiger partial charge on any atom is 0.339 e. The number of rotatable bonds is 7. The molecule has 6 unspecified atom stereocenters. The molecular formula is C38H29ClFN3O9. The van der Waals surface area contributed by atoms with Crippen LogP contribution < -0.4 is 10.3 Å². The second kappa shape index (κ2) is 12.2. The summed E-state index contributed by atoms with van der Waals surface area (Å²) in [6.45, 7) is -0.447. The summed E-state index contributed by atoms with van der Waals surface area (Å²) < 4.78 is 20.0. The van der Waals surface area contributed by atoms with Gasteiger partial charge in [0, 0.05) is 11.1 Å². The molecule has 2 aliphatic carbocycles. The Morgan fingerprint density at radius 2 is 1.67 bits per heavy atom. The van der Waals surface area contributed by atoms with Crippen LogP contribution in [0.2, 0.25) is 5.02 Å². The van der Waals surface area contributed by atoms with Gasteiger partial charge in [0.2, 0.25) is 11.8 Å². The number of carbonyl (C=O) groups is 5. The van der Waals surface area contributed by atoms with E-state index in [4.69, 9.17) is 16.0 Å². The third-order valence-corrected chi connectivity index (χ3v) is 11.1. The van der Waals surface area contributed by atoms with Crippen molar-refractivity contribution in [1.82, 2.24) is 5.01 Å². The lowest BCUT2D eigenvalue weighted by Gasteiger charge is -2.49. The normalized spacial score (nSPS) is 26.6. The van der Waals surface area contributed by atoms with Gasteiger partial charge < -0.3 is 19.7 Å². The van der Waals surface area contributed by atoms with Crippen LogP contribution >= 0.6 is 11.6 Å². The molecule has 52 heavy (non-hydrogen) atoms. The summed E-state index contributed by atoms with van der Waals surface area (Å²) in [5.41, 5.74) is 2.12. The SMILES string of the molecule is O=C(O)c1ccc(N2C(=O)C3CC=C4C(CC5C(=O)N(Nc6ccc(F)cc6)C(=O)C5(c5ccc(Cl)cc5)C4c4ccc(CO)o4)C3C2=O)cc1O. The number of hydrazine groups is 1. The average Bonchev–Trinajstić information content (AvgIpc) is 3.77. The number of aromatic carboxylic acids is 1. The lowest BCUT2D eigenvalue weighted by Crippen LogP contribution is -2.53. The Balaban J connectivity index is 1.29. The Labute approximate surface area is 299 Å². The summed E-state index contributed by atoms with van der Waals surface area (Å²) in [6.07, 6.45) is 1.89. The molecule has 4 amide bonds. The first-order valence-corrected chi connectivity index (χ1v) is 16.8. The minimum absolute atomic E-state index is 0.00302. The molecule has 14 heteroatoms. The van der Waals surface area contributed by atoms with Crippen molar-refractivity contribution in [3.05, 3.63) is 124 Å². The molecule has 3 aromatic carbocycles. The van der Waals surface area contributed by atoms with Crippen molar-refractivity contribution in [2.45, 2.75) is 30.8 Å². The minimum atomic E-state index is -1.65. The predicted molar refractivity (Wildman–Crippen MR) is 181 cm³/mol. The van der Waals surface area contributed by atoms with Gasteiger partial charge in [-0.05, 0) is 85.0 Å². The van der Waals surface area contributed by atoms with E-state index < -0.39 is 88.3 Å². The van der Waals surface area contributed by atoms with Gasteiger partial charge in [0.1, 0.15) is 40.7 Å². The first-order chi connectivity index (χ1) is 24.9.